The van der Waals surface area contributed by atoms with Gasteiger partial charge in [0.25, 0.3) is 0 Å². The summed E-state index contributed by atoms with van der Waals surface area (Å²) in [5.74, 6) is -1.11. The molecule has 0 aliphatic heterocycles. The van der Waals surface area contributed by atoms with E-state index in [0.29, 0.717) is 20.8 Å². The molecule has 88 valence electrons. The van der Waals surface area contributed by atoms with Gasteiger partial charge < -0.3 is 9.67 Å². The molecule has 1 aromatic heterocycles. The van der Waals surface area contributed by atoms with E-state index in [2.05, 4.69) is 4.98 Å². The van der Waals surface area contributed by atoms with Crippen molar-refractivity contribution >= 4 is 40.8 Å². The number of imidazole rings is 1. The van der Waals surface area contributed by atoms with Gasteiger partial charge in [0.15, 0.2) is 5.69 Å². The molecule has 0 radical (unpaired) electrons. The molecule has 2 rings (SSSR count). The second kappa shape index (κ2) is 4.56. The predicted octanol–water partition coefficient (Wildman–Crippen LogP) is 3.53. The largest absolute Gasteiger partial charge is 0.476 e. The van der Waals surface area contributed by atoms with Crippen LogP contribution in [0.15, 0.2) is 24.7 Å². The van der Waals surface area contributed by atoms with Crippen LogP contribution in [0.1, 0.15) is 10.5 Å². The molecule has 2 aromatic rings. The Morgan fingerprint density at radius 3 is 2.41 bits per heavy atom. The third kappa shape index (κ3) is 2.39. The number of aromatic nitrogens is 2. The smallest absolute Gasteiger partial charge is 0.356 e. The standard InChI is InChI=1S/C10H5Cl3N2O2/c11-5-1-7(13)9(2-6(5)12)15-3-8(10(16)17)14-4-15/h1-4H,(H,16,17). The molecule has 0 unspecified atom stereocenters. The Morgan fingerprint density at radius 2 is 1.82 bits per heavy atom. The minimum Gasteiger partial charge on any atom is -0.476 e. The third-order valence-electron chi connectivity index (χ3n) is 2.07. The molecule has 0 bridgehead atoms. The zero-order valence-electron chi connectivity index (χ0n) is 8.19. The van der Waals surface area contributed by atoms with E-state index in [0.717, 1.165) is 0 Å². The Labute approximate surface area is 111 Å². The summed E-state index contributed by atoms with van der Waals surface area (Å²) >= 11 is 17.6. The number of carbonyl (C=O) groups is 1. The van der Waals surface area contributed by atoms with Gasteiger partial charge in [0, 0.05) is 6.20 Å². The van der Waals surface area contributed by atoms with Gasteiger partial charge >= 0.3 is 5.97 Å². The van der Waals surface area contributed by atoms with Gasteiger partial charge in [-0.3, -0.25) is 0 Å². The summed E-state index contributed by atoms with van der Waals surface area (Å²) in [7, 11) is 0. The number of hydrogen-bond donors (Lipinski definition) is 1. The molecule has 0 fully saturated rings. The molecule has 0 saturated carbocycles. The molecule has 0 atom stereocenters. The second-order valence-electron chi connectivity index (χ2n) is 3.19. The van der Waals surface area contributed by atoms with Gasteiger partial charge in [0.2, 0.25) is 0 Å². The summed E-state index contributed by atoms with van der Waals surface area (Å²) in [6.45, 7) is 0. The lowest BCUT2D eigenvalue weighted by atomic mass is 10.3. The zero-order chi connectivity index (χ0) is 12.6. The minimum absolute atomic E-state index is 0.0767. The van der Waals surface area contributed by atoms with Gasteiger partial charge in [-0.2, -0.15) is 0 Å². The van der Waals surface area contributed by atoms with Gasteiger partial charge in [-0.15, -0.1) is 0 Å². The highest BCUT2D eigenvalue weighted by molar-refractivity contribution is 6.43. The molecule has 7 heteroatoms. The number of rotatable bonds is 2. The van der Waals surface area contributed by atoms with Gasteiger partial charge in [-0.25, -0.2) is 9.78 Å². The van der Waals surface area contributed by atoms with Crippen molar-refractivity contribution in [2.75, 3.05) is 0 Å². The number of hydrogen-bond acceptors (Lipinski definition) is 2. The van der Waals surface area contributed by atoms with Crippen molar-refractivity contribution in [2.24, 2.45) is 0 Å². The quantitative estimate of drug-likeness (QED) is 0.861. The monoisotopic (exact) mass is 290 g/mol. The first kappa shape index (κ1) is 12.2. The predicted molar refractivity (Wildman–Crippen MR) is 65.6 cm³/mol. The van der Waals surface area contributed by atoms with Crippen molar-refractivity contribution < 1.29 is 9.90 Å². The number of carboxylic acid groups (broad SMARTS) is 1. The number of nitrogens with zero attached hydrogens (tertiary/aromatic N) is 2. The van der Waals surface area contributed by atoms with Gasteiger partial charge in [-0.05, 0) is 12.1 Å². The van der Waals surface area contributed by atoms with Gasteiger partial charge in [0.05, 0.1) is 20.8 Å². The van der Waals surface area contributed by atoms with E-state index in [1.165, 1.54) is 23.2 Å². The van der Waals surface area contributed by atoms with E-state index in [9.17, 15) is 4.79 Å². The Hall–Kier alpha value is -1.23. The van der Waals surface area contributed by atoms with Crippen molar-refractivity contribution in [1.82, 2.24) is 9.55 Å². The molecule has 0 aliphatic rings. The van der Waals surface area contributed by atoms with Crippen LogP contribution in [0.2, 0.25) is 15.1 Å². The Balaban J connectivity index is 2.52. The van der Waals surface area contributed by atoms with Crippen LogP contribution in [0, 0.1) is 0 Å². The highest BCUT2D eigenvalue weighted by atomic mass is 35.5. The molecular formula is C10H5Cl3N2O2. The molecule has 1 N–H and O–H groups in total. The second-order valence-corrected chi connectivity index (χ2v) is 4.41. The van der Waals surface area contributed by atoms with Crippen LogP contribution >= 0.6 is 34.8 Å². The van der Waals surface area contributed by atoms with Crippen LogP contribution in [-0.2, 0) is 0 Å². The molecule has 17 heavy (non-hydrogen) atoms. The van der Waals surface area contributed by atoms with Gasteiger partial charge in [-0.1, -0.05) is 34.8 Å². The summed E-state index contributed by atoms with van der Waals surface area (Å²) < 4.78 is 1.47. The molecule has 1 aromatic carbocycles. The molecule has 1 heterocycles. The van der Waals surface area contributed by atoms with Gasteiger partial charge in [0.1, 0.15) is 6.33 Å². The van der Waals surface area contributed by atoms with Crippen molar-refractivity contribution in [1.29, 1.82) is 0 Å². The fraction of sp³-hybridized carbons (Fsp3) is 0. The molecular weight excluding hydrogens is 286 g/mol. The van der Waals surface area contributed by atoms with Crippen molar-refractivity contribution in [3.05, 3.63) is 45.4 Å². The maximum atomic E-state index is 10.7. The summed E-state index contributed by atoms with van der Waals surface area (Å²) in [5, 5.41) is 9.78. The average molecular weight is 292 g/mol. The van der Waals surface area contributed by atoms with Crippen LogP contribution in [0.4, 0.5) is 0 Å². The van der Waals surface area contributed by atoms with Crippen LogP contribution in [0.3, 0.4) is 0 Å². The molecule has 0 spiro atoms. The summed E-state index contributed by atoms with van der Waals surface area (Å²) in [5.41, 5.74) is 0.438. The highest BCUT2D eigenvalue weighted by Crippen LogP contribution is 2.31. The maximum Gasteiger partial charge on any atom is 0.356 e. The van der Waals surface area contributed by atoms with E-state index < -0.39 is 5.97 Å². The first-order valence-corrected chi connectivity index (χ1v) is 5.54. The van der Waals surface area contributed by atoms with E-state index in [1.807, 2.05) is 0 Å². The third-order valence-corrected chi connectivity index (χ3v) is 3.09. The maximum absolute atomic E-state index is 10.7. The Morgan fingerprint density at radius 1 is 1.18 bits per heavy atom. The SMILES string of the molecule is O=C(O)c1cn(-c2cc(Cl)c(Cl)cc2Cl)cn1. The normalized spacial score (nSPS) is 10.5. The van der Waals surface area contributed by atoms with E-state index in [1.54, 1.807) is 6.07 Å². The summed E-state index contributed by atoms with van der Waals surface area (Å²) in [6.07, 6.45) is 2.68. The average Bonchev–Trinajstić information content (AvgIpc) is 2.72. The first-order chi connectivity index (χ1) is 7.99. The Kier molecular flexibility index (Phi) is 3.28. The number of benzene rings is 1. The van der Waals surface area contributed by atoms with E-state index >= 15 is 0 Å². The summed E-state index contributed by atoms with van der Waals surface area (Å²) in [6, 6.07) is 3.03. The molecule has 4 nitrogen and oxygen atoms in total. The zero-order valence-corrected chi connectivity index (χ0v) is 10.5. The summed E-state index contributed by atoms with van der Waals surface area (Å²) in [4.78, 5) is 14.4. The first-order valence-electron chi connectivity index (χ1n) is 4.41. The molecule has 0 aliphatic carbocycles. The lowest BCUT2D eigenvalue weighted by Crippen LogP contribution is -1.96. The van der Waals surface area contributed by atoms with E-state index in [4.69, 9.17) is 39.9 Å². The van der Waals surface area contributed by atoms with E-state index in [-0.39, 0.29) is 5.69 Å². The number of carboxylic acids is 1. The lowest BCUT2D eigenvalue weighted by molar-refractivity contribution is 0.0691. The topological polar surface area (TPSA) is 55.1 Å². The van der Waals surface area contributed by atoms with Crippen LogP contribution in [-0.4, -0.2) is 20.6 Å². The van der Waals surface area contributed by atoms with Crippen molar-refractivity contribution in [2.45, 2.75) is 0 Å². The molecule has 0 amide bonds. The lowest BCUT2D eigenvalue weighted by Gasteiger charge is -2.06. The van der Waals surface area contributed by atoms with Crippen LogP contribution in [0.25, 0.3) is 5.69 Å². The number of aromatic carboxylic acids is 1. The van der Waals surface area contributed by atoms with Crippen LogP contribution in [0.5, 0.6) is 0 Å². The fourth-order valence-corrected chi connectivity index (χ4v) is 1.91. The highest BCUT2D eigenvalue weighted by Gasteiger charge is 2.11. The number of halogens is 3. The van der Waals surface area contributed by atoms with Crippen molar-refractivity contribution in [3.63, 3.8) is 0 Å². The Bertz CT molecular complexity index is 595. The minimum atomic E-state index is -1.11. The fourth-order valence-electron chi connectivity index (χ4n) is 1.27. The van der Waals surface area contributed by atoms with Crippen LogP contribution < -0.4 is 0 Å². The van der Waals surface area contributed by atoms with Crippen molar-refractivity contribution in [3.8, 4) is 5.69 Å². The molecule has 0 saturated heterocycles.